The Kier molecular flexibility index (Phi) is 8.38. The highest BCUT2D eigenvalue weighted by Gasteiger charge is 2.34. The maximum absolute atomic E-state index is 15.0. The van der Waals surface area contributed by atoms with Crippen molar-refractivity contribution in [3.8, 4) is 44.5 Å². The van der Waals surface area contributed by atoms with Crippen molar-refractivity contribution >= 4 is 11.6 Å². The third-order valence-corrected chi connectivity index (χ3v) is 8.42. The number of hydrogen-bond donors (Lipinski definition) is 0. The molecule has 0 aliphatic rings. The molecule has 0 aliphatic heterocycles. The molecule has 0 saturated carbocycles. The lowest BCUT2D eigenvalue weighted by molar-refractivity contribution is 0.100. The summed E-state index contributed by atoms with van der Waals surface area (Å²) in [6.07, 6.45) is 0. The first kappa shape index (κ1) is 30.4. The molecule has 7 aromatic rings. The smallest absolute Gasteiger partial charge is 0.194 e. The molecule has 0 saturated heterocycles. The fraction of sp³-hybridized carbons (Fsp3) is 0. The monoisotopic (exact) mass is 626 g/mol. The number of carbonyl (C=O) groups is 2. The van der Waals surface area contributed by atoms with E-state index in [9.17, 15) is 8.78 Å². The Morgan fingerprint density at radius 3 is 0.833 bits per heavy atom. The Morgan fingerprint density at radius 1 is 0.312 bits per heavy atom. The predicted octanol–water partition coefficient (Wildman–Crippen LogP) is 11.1. The summed E-state index contributed by atoms with van der Waals surface area (Å²) in [6.45, 7) is 0. The van der Waals surface area contributed by atoms with Gasteiger partial charge in [0.15, 0.2) is 11.6 Å². The summed E-state index contributed by atoms with van der Waals surface area (Å²) < 4.78 is 28.3. The zero-order valence-electron chi connectivity index (χ0n) is 25.7. The van der Waals surface area contributed by atoms with E-state index >= 15 is 9.59 Å². The number of hydrogen-bond acceptors (Lipinski definition) is 2. The van der Waals surface area contributed by atoms with Crippen LogP contribution in [0.15, 0.2) is 170 Å². The van der Waals surface area contributed by atoms with Gasteiger partial charge in [-0.1, -0.05) is 121 Å². The molecule has 0 spiro atoms. The number of rotatable bonds is 8. The fourth-order valence-corrected chi connectivity index (χ4v) is 6.27. The Balaban J connectivity index is 1.77. The molecule has 48 heavy (non-hydrogen) atoms. The molecular formula is C44H28F2O2. The molecule has 0 aliphatic carbocycles. The molecule has 0 bridgehead atoms. The third kappa shape index (κ3) is 5.76. The first-order valence-electron chi connectivity index (χ1n) is 15.6. The standard InChI is InChI=1S/C44H28F2O2/c45-35-25-21-33(22-26-35)43(47)41-39(31-17-9-3-10-18-31)37(29-13-5-1-6-14-29)38(30-15-7-2-8-16-30)40(32-19-11-4-12-20-32)42(41)44(48)34-23-27-36(46)28-24-34/h1-28H. The molecule has 0 N–H and O–H groups in total. The van der Waals surface area contributed by atoms with Gasteiger partial charge in [-0.05, 0) is 81.9 Å². The van der Waals surface area contributed by atoms with Gasteiger partial charge in [-0.2, -0.15) is 0 Å². The Hall–Kier alpha value is -6.26. The van der Waals surface area contributed by atoms with Gasteiger partial charge >= 0.3 is 0 Å². The minimum atomic E-state index is -0.480. The van der Waals surface area contributed by atoms with Crippen LogP contribution in [0.5, 0.6) is 0 Å². The van der Waals surface area contributed by atoms with Crippen LogP contribution in [0.25, 0.3) is 44.5 Å². The second kappa shape index (κ2) is 13.2. The van der Waals surface area contributed by atoms with E-state index in [0.29, 0.717) is 11.1 Å². The highest BCUT2D eigenvalue weighted by Crippen LogP contribution is 2.50. The lowest BCUT2D eigenvalue weighted by Gasteiger charge is -2.27. The van der Waals surface area contributed by atoms with Gasteiger partial charge in [0.25, 0.3) is 0 Å². The number of carbonyl (C=O) groups excluding carboxylic acids is 2. The van der Waals surface area contributed by atoms with Gasteiger partial charge in [-0.15, -0.1) is 0 Å². The number of benzene rings is 7. The first-order valence-corrected chi connectivity index (χ1v) is 15.6. The van der Waals surface area contributed by atoms with Gasteiger partial charge in [-0.3, -0.25) is 9.59 Å². The molecular weight excluding hydrogens is 598 g/mol. The largest absolute Gasteiger partial charge is 0.289 e. The molecule has 0 radical (unpaired) electrons. The fourth-order valence-electron chi connectivity index (χ4n) is 6.27. The molecule has 230 valence electrons. The third-order valence-electron chi connectivity index (χ3n) is 8.42. The molecule has 0 unspecified atom stereocenters. The Labute approximate surface area is 277 Å². The highest BCUT2D eigenvalue weighted by molar-refractivity contribution is 6.28. The maximum atomic E-state index is 15.0. The normalized spacial score (nSPS) is 10.9. The van der Waals surface area contributed by atoms with Crippen LogP contribution in [0.2, 0.25) is 0 Å². The summed E-state index contributed by atoms with van der Waals surface area (Å²) in [6, 6.07) is 49.4. The van der Waals surface area contributed by atoms with E-state index in [1.165, 1.54) is 48.5 Å². The van der Waals surface area contributed by atoms with Crippen molar-refractivity contribution < 1.29 is 18.4 Å². The average Bonchev–Trinajstić information content (AvgIpc) is 3.15. The molecule has 0 atom stereocenters. The van der Waals surface area contributed by atoms with E-state index in [2.05, 4.69) is 0 Å². The number of ketones is 2. The van der Waals surface area contributed by atoms with E-state index in [-0.39, 0.29) is 22.3 Å². The molecule has 0 aromatic heterocycles. The van der Waals surface area contributed by atoms with Crippen LogP contribution < -0.4 is 0 Å². The van der Waals surface area contributed by atoms with Crippen LogP contribution in [-0.4, -0.2) is 11.6 Å². The lowest BCUT2D eigenvalue weighted by atomic mass is 9.74. The van der Waals surface area contributed by atoms with Crippen molar-refractivity contribution in [2.45, 2.75) is 0 Å². The van der Waals surface area contributed by atoms with Crippen molar-refractivity contribution in [1.82, 2.24) is 0 Å². The molecule has 4 heteroatoms. The van der Waals surface area contributed by atoms with Gasteiger partial charge in [0, 0.05) is 33.4 Å². The summed E-state index contributed by atoms with van der Waals surface area (Å²) in [4.78, 5) is 30.1. The van der Waals surface area contributed by atoms with E-state index in [1.54, 1.807) is 0 Å². The van der Waals surface area contributed by atoms with Crippen LogP contribution in [-0.2, 0) is 0 Å². The van der Waals surface area contributed by atoms with Crippen LogP contribution in [0.3, 0.4) is 0 Å². The van der Waals surface area contributed by atoms with Crippen molar-refractivity contribution in [3.05, 3.63) is 204 Å². The van der Waals surface area contributed by atoms with Crippen molar-refractivity contribution in [3.63, 3.8) is 0 Å². The molecule has 7 rings (SSSR count). The minimum absolute atomic E-state index is 0.180. The van der Waals surface area contributed by atoms with Gasteiger partial charge in [0.05, 0.1) is 0 Å². The molecule has 0 amide bonds. The quantitative estimate of drug-likeness (QED) is 0.157. The van der Waals surface area contributed by atoms with Crippen LogP contribution in [0.4, 0.5) is 8.78 Å². The summed E-state index contributed by atoms with van der Waals surface area (Å²) in [5.74, 6) is -1.83. The average molecular weight is 627 g/mol. The van der Waals surface area contributed by atoms with Gasteiger partial charge < -0.3 is 0 Å². The first-order chi connectivity index (χ1) is 23.5. The van der Waals surface area contributed by atoms with Crippen molar-refractivity contribution in [2.75, 3.05) is 0 Å². The summed E-state index contributed by atoms with van der Waals surface area (Å²) in [5, 5.41) is 0. The van der Waals surface area contributed by atoms with Gasteiger partial charge in [0.2, 0.25) is 0 Å². The zero-order valence-corrected chi connectivity index (χ0v) is 25.7. The minimum Gasteiger partial charge on any atom is -0.289 e. The highest BCUT2D eigenvalue weighted by atomic mass is 19.1. The molecule has 0 heterocycles. The number of halogens is 2. The predicted molar refractivity (Wildman–Crippen MR) is 188 cm³/mol. The zero-order chi connectivity index (χ0) is 33.0. The van der Waals surface area contributed by atoms with Crippen LogP contribution in [0, 0.1) is 11.6 Å². The topological polar surface area (TPSA) is 34.1 Å². The SMILES string of the molecule is O=C(c1ccc(F)cc1)c1c(C(=O)c2ccc(F)cc2)c(-c2ccccc2)c(-c2ccccc2)c(-c2ccccc2)c1-c1ccccc1. The van der Waals surface area contributed by atoms with E-state index in [0.717, 1.165) is 33.4 Å². The second-order valence-electron chi connectivity index (χ2n) is 11.4. The molecule has 7 aromatic carbocycles. The second-order valence-corrected chi connectivity index (χ2v) is 11.4. The van der Waals surface area contributed by atoms with E-state index < -0.39 is 23.2 Å². The Bertz CT molecular complexity index is 2070. The van der Waals surface area contributed by atoms with Gasteiger partial charge in [-0.25, -0.2) is 8.78 Å². The summed E-state index contributed by atoms with van der Waals surface area (Å²) in [7, 11) is 0. The summed E-state index contributed by atoms with van der Waals surface area (Å²) >= 11 is 0. The lowest BCUT2D eigenvalue weighted by Crippen LogP contribution is -2.17. The van der Waals surface area contributed by atoms with E-state index in [1.807, 2.05) is 121 Å². The van der Waals surface area contributed by atoms with E-state index in [4.69, 9.17) is 0 Å². The maximum Gasteiger partial charge on any atom is 0.194 e. The Morgan fingerprint density at radius 2 is 0.562 bits per heavy atom. The van der Waals surface area contributed by atoms with Crippen molar-refractivity contribution in [1.29, 1.82) is 0 Å². The van der Waals surface area contributed by atoms with Crippen molar-refractivity contribution in [2.24, 2.45) is 0 Å². The van der Waals surface area contributed by atoms with Crippen LogP contribution in [0.1, 0.15) is 31.8 Å². The summed E-state index contributed by atoms with van der Waals surface area (Å²) in [5.41, 5.74) is 6.65. The van der Waals surface area contributed by atoms with Gasteiger partial charge in [0.1, 0.15) is 11.6 Å². The van der Waals surface area contributed by atoms with Crippen LogP contribution >= 0.6 is 0 Å². The molecule has 0 fully saturated rings. The molecule has 2 nitrogen and oxygen atoms in total.